The molecule has 0 aliphatic carbocycles. The van der Waals surface area contributed by atoms with E-state index < -0.39 is 0 Å². The molecule has 2 N–H and O–H groups in total. The fourth-order valence-corrected chi connectivity index (χ4v) is 3.57. The van der Waals surface area contributed by atoms with Gasteiger partial charge in [0.25, 0.3) is 0 Å². The van der Waals surface area contributed by atoms with Crippen LogP contribution >= 0.6 is 23.1 Å². The van der Waals surface area contributed by atoms with Crippen LogP contribution in [0.1, 0.15) is 4.88 Å². The first-order chi connectivity index (χ1) is 9.11. The zero-order valence-corrected chi connectivity index (χ0v) is 11.7. The average molecular weight is 291 g/mol. The van der Waals surface area contributed by atoms with Gasteiger partial charge in [-0.05, 0) is 37.3 Å². The molecule has 0 atom stereocenters. The Hall–Kier alpha value is -1.66. The summed E-state index contributed by atoms with van der Waals surface area (Å²) in [6.07, 6.45) is 0. The van der Waals surface area contributed by atoms with E-state index in [4.69, 9.17) is 5.73 Å². The van der Waals surface area contributed by atoms with Crippen molar-refractivity contribution >= 4 is 39.3 Å². The van der Waals surface area contributed by atoms with Gasteiger partial charge < -0.3 is 5.73 Å². The number of fused-ring (bicyclic) bond motifs is 1. The quantitative estimate of drug-likeness (QED) is 0.728. The number of nitrogens with two attached hydrogens (primary N) is 1. The highest BCUT2D eigenvalue weighted by atomic mass is 32.2. The summed E-state index contributed by atoms with van der Waals surface area (Å²) in [5, 5.41) is 1.80. The van der Waals surface area contributed by atoms with Gasteiger partial charge in [-0.25, -0.2) is 14.4 Å². The average Bonchev–Trinajstić information content (AvgIpc) is 2.72. The second kappa shape index (κ2) is 4.79. The van der Waals surface area contributed by atoms with Gasteiger partial charge in [-0.15, -0.1) is 11.3 Å². The lowest BCUT2D eigenvalue weighted by molar-refractivity contribution is 0.626. The maximum absolute atomic E-state index is 12.9. The summed E-state index contributed by atoms with van der Waals surface area (Å²) in [5.74, 6) is 0.0158. The standard InChI is InChI=1S/C13H10FN3S2/c1-7-6-10-11(18-7)16-13(15)17-12(10)19-9-4-2-8(14)3-5-9/h2-6H,1H3,(H2,15,16,17). The van der Waals surface area contributed by atoms with Crippen LogP contribution in [0.4, 0.5) is 10.3 Å². The van der Waals surface area contributed by atoms with E-state index >= 15 is 0 Å². The fraction of sp³-hybridized carbons (Fsp3) is 0.0769. The molecule has 2 heterocycles. The number of nitrogen functional groups attached to an aromatic ring is 1. The molecular formula is C13H10FN3S2. The number of benzene rings is 1. The third kappa shape index (κ3) is 2.54. The van der Waals surface area contributed by atoms with Gasteiger partial charge in [0.05, 0.1) is 0 Å². The van der Waals surface area contributed by atoms with Gasteiger partial charge in [0.15, 0.2) is 0 Å². The third-order valence-electron chi connectivity index (χ3n) is 2.53. The molecule has 3 nitrogen and oxygen atoms in total. The molecule has 3 rings (SSSR count). The first-order valence-electron chi connectivity index (χ1n) is 5.59. The zero-order valence-electron chi connectivity index (χ0n) is 10.1. The summed E-state index contributed by atoms with van der Waals surface area (Å²) in [7, 11) is 0. The van der Waals surface area contributed by atoms with Crippen molar-refractivity contribution in [2.45, 2.75) is 16.8 Å². The number of nitrogens with zero attached hydrogens (tertiary/aromatic N) is 2. The summed E-state index contributed by atoms with van der Waals surface area (Å²) < 4.78 is 12.9. The van der Waals surface area contributed by atoms with E-state index in [-0.39, 0.29) is 11.8 Å². The maximum atomic E-state index is 12.9. The number of halogens is 1. The molecule has 0 aliphatic rings. The largest absolute Gasteiger partial charge is 0.368 e. The smallest absolute Gasteiger partial charge is 0.222 e. The summed E-state index contributed by atoms with van der Waals surface area (Å²) >= 11 is 3.05. The van der Waals surface area contributed by atoms with Crippen molar-refractivity contribution in [3.05, 3.63) is 41.0 Å². The molecule has 0 saturated carbocycles. The number of hydrogen-bond donors (Lipinski definition) is 1. The lowest BCUT2D eigenvalue weighted by atomic mass is 10.3. The molecule has 2 aromatic heterocycles. The highest BCUT2D eigenvalue weighted by molar-refractivity contribution is 7.99. The summed E-state index contributed by atoms with van der Waals surface area (Å²) in [5.41, 5.74) is 5.72. The second-order valence-electron chi connectivity index (χ2n) is 4.02. The number of thiophene rings is 1. The van der Waals surface area contributed by atoms with Crippen LogP contribution in [0, 0.1) is 12.7 Å². The molecule has 0 spiro atoms. The van der Waals surface area contributed by atoms with Gasteiger partial charge in [-0.2, -0.15) is 0 Å². The molecule has 96 valence electrons. The van der Waals surface area contributed by atoms with Crippen LogP contribution in [-0.4, -0.2) is 9.97 Å². The first kappa shape index (κ1) is 12.4. The predicted molar refractivity (Wildman–Crippen MR) is 77.1 cm³/mol. The number of hydrogen-bond acceptors (Lipinski definition) is 5. The monoisotopic (exact) mass is 291 g/mol. The molecular weight excluding hydrogens is 281 g/mol. The Morgan fingerprint density at radius 2 is 1.95 bits per heavy atom. The van der Waals surface area contributed by atoms with Crippen molar-refractivity contribution in [1.29, 1.82) is 0 Å². The van der Waals surface area contributed by atoms with Crippen molar-refractivity contribution in [2.75, 3.05) is 5.73 Å². The maximum Gasteiger partial charge on any atom is 0.222 e. The first-order valence-corrected chi connectivity index (χ1v) is 7.22. The molecule has 0 fully saturated rings. The van der Waals surface area contributed by atoms with Crippen LogP contribution in [0.2, 0.25) is 0 Å². The minimum Gasteiger partial charge on any atom is -0.368 e. The van der Waals surface area contributed by atoms with Gasteiger partial charge in [0.1, 0.15) is 15.7 Å². The van der Waals surface area contributed by atoms with Gasteiger partial charge >= 0.3 is 0 Å². The van der Waals surface area contributed by atoms with Crippen molar-refractivity contribution in [3.63, 3.8) is 0 Å². The SMILES string of the molecule is Cc1cc2c(Sc3ccc(F)cc3)nc(N)nc2s1. The van der Waals surface area contributed by atoms with Crippen LogP contribution < -0.4 is 5.73 Å². The molecule has 0 unspecified atom stereocenters. The summed E-state index contributed by atoms with van der Waals surface area (Å²) in [6.45, 7) is 2.02. The molecule has 1 aromatic carbocycles. The Morgan fingerprint density at radius 3 is 2.68 bits per heavy atom. The molecule has 3 aromatic rings. The lowest BCUT2D eigenvalue weighted by Crippen LogP contribution is -1.95. The van der Waals surface area contributed by atoms with E-state index in [1.54, 1.807) is 23.5 Å². The van der Waals surface area contributed by atoms with Crippen molar-refractivity contribution in [3.8, 4) is 0 Å². The van der Waals surface area contributed by atoms with Crippen molar-refractivity contribution in [2.24, 2.45) is 0 Å². The van der Waals surface area contributed by atoms with E-state index in [9.17, 15) is 4.39 Å². The number of anilines is 1. The van der Waals surface area contributed by atoms with Gasteiger partial charge in [0, 0.05) is 15.2 Å². The normalized spacial score (nSPS) is 11.1. The predicted octanol–water partition coefficient (Wildman–Crippen LogP) is 3.87. The molecule has 0 bridgehead atoms. The molecule has 19 heavy (non-hydrogen) atoms. The molecule has 0 saturated heterocycles. The van der Waals surface area contributed by atoms with Crippen molar-refractivity contribution in [1.82, 2.24) is 9.97 Å². The van der Waals surface area contributed by atoms with Crippen LogP contribution in [0.25, 0.3) is 10.2 Å². The van der Waals surface area contributed by atoms with E-state index in [0.717, 1.165) is 25.0 Å². The van der Waals surface area contributed by atoms with Crippen LogP contribution in [0.5, 0.6) is 0 Å². The highest BCUT2D eigenvalue weighted by Gasteiger charge is 2.10. The van der Waals surface area contributed by atoms with Crippen LogP contribution in [0.15, 0.2) is 40.3 Å². The van der Waals surface area contributed by atoms with Gasteiger partial charge in [0.2, 0.25) is 5.95 Å². The van der Waals surface area contributed by atoms with E-state index in [1.807, 2.05) is 13.0 Å². The minimum absolute atomic E-state index is 0.247. The fourth-order valence-electron chi connectivity index (χ4n) is 1.72. The van der Waals surface area contributed by atoms with E-state index in [0.29, 0.717) is 0 Å². The summed E-state index contributed by atoms with van der Waals surface area (Å²) in [4.78, 5) is 11.5. The molecule has 0 amide bonds. The minimum atomic E-state index is -0.247. The lowest BCUT2D eigenvalue weighted by Gasteiger charge is -2.03. The summed E-state index contributed by atoms with van der Waals surface area (Å²) in [6, 6.07) is 8.36. The Morgan fingerprint density at radius 1 is 1.21 bits per heavy atom. The highest BCUT2D eigenvalue weighted by Crippen LogP contribution is 2.35. The third-order valence-corrected chi connectivity index (χ3v) is 4.48. The number of aromatic nitrogens is 2. The Labute approximate surface area is 117 Å². The molecule has 0 radical (unpaired) electrons. The Bertz CT molecular complexity index is 737. The van der Waals surface area contributed by atoms with Gasteiger partial charge in [-0.3, -0.25) is 0 Å². The number of aryl methyl sites for hydroxylation is 1. The Balaban J connectivity index is 2.06. The second-order valence-corrected chi connectivity index (χ2v) is 6.32. The molecule has 6 heteroatoms. The number of rotatable bonds is 2. The van der Waals surface area contributed by atoms with Crippen molar-refractivity contribution < 1.29 is 4.39 Å². The van der Waals surface area contributed by atoms with E-state index in [1.165, 1.54) is 23.9 Å². The topological polar surface area (TPSA) is 51.8 Å². The molecule has 0 aliphatic heterocycles. The van der Waals surface area contributed by atoms with Crippen LogP contribution in [0.3, 0.4) is 0 Å². The van der Waals surface area contributed by atoms with E-state index in [2.05, 4.69) is 9.97 Å². The van der Waals surface area contributed by atoms with Crippen LogP contribution in [-0.2, 0) is 0 Å². The van der Waals surface area contributed by atoms with Gasteiger partial charge in [-0.1, -0.05) is 11.8 Å². The Kier molecular flexibility index (Phi) is 3.12. The zero-order chi connectivity index (χ0) is 13.4.